The summed E-state index contributed by atoms with van der Waals surface area (Å²) in [5, 5.41) is 0. The third kappa shape index (κ3) is 4.41. The van der Waals surface area contributed by atoms with Crippen LogP contribution in [0.5, 0.6) is 0 Å². The molecule has 0 bridgehead atoms. The molecule has 0 N–H and O–H groups in total. The van der Waals surface area contributed by atoms with Gasteiger partial charge in [0.15, 0.2) is 9.84 Å². The fourth-order valence-corrected chi connectivity index (χ4v) is 7.92. The summed E-state index contributed by atoms with van der Waals surface area (Å²) in [6, 6.07) is 7.82. The van der Waals surface area contributed by atoms with Gasteiger partial charge in [-0.1, -0.05) is 15.9 Å². The van der Waals surface area contributed by atoms with E-state index < -0.39 is 25.9 Å². The highest BCUT2D eigenvalue weighted by atomic mass is 79.9. The molecule has 1 fully saturated rings. The Morgan fingerprint density at radius 3 is 2.62 bits per heavy atom. The van der Waals surface area contributed by atoms with Crippen LogP contribution in [-0.2, 0) is 26.3 Å². The Bertz CT molecular complexity index is 988. The van der Waals surface area contributed by atoms with Crippen molar-refractivity contribution in [3.63, 3.8) is 0 Å². The third-order valence-corrected chi connectivity index (χ3v) is 9.44. The lowest BCUT2D eigenvalue weighted by Crippen LogP contribution is -2.42. The average Bonchev–Trinajstić information content (AvgIpc) is 3.19. The van der Waals surface area contributed by atoms with E-state index in [-0.39, 0.29) is 22.9 Å². The number of nitrogens with zero attached hydrogens (tertiary/aromatic N) is 1. The Labute approximate surface area is 169 Å². The van der Waals surface area contributed by atoms with Crippen molar-refractivity contribution in [1.82, 2.24) is 4.31 Å². The standard InChI is InChI=1S/C16H17Br2NO5S2/c17-12-3-4-15(18)16(10-12)26(22,23)19(7-5-14-2-1-8-24-14)13-6-9-25(20,21)11-13/h1-4,8,10,13H,5-7,9,11H2/t13-/m1/s1. The SMILES string of the molecule is O=S1(=O)CC[C@@H](N(CCc2ccco2)S(=O)(=O)c2cc(Br)ccc2Br)C1. The smallest absolute Gasteiger partial charge is 0.244 e. The molecule has 3 rings (SSSR count). The van der Waals surface area contributed by atoms with Crippen molar-refractivity contribution in [2.75, 3.05) is 18.1 Å². The summed E-state index contributed by atoms with van der Waals surface area (Å²) in [7, 11) is -7.11. The van der Waals surface area contributed by atoms with Crippen LogP contribution in [0.3, 0.4) is 0 Å². The minimum absolute atomic E-state index is 0.00406. The second-order valence-corrected chi connectivity index (χ2v) is 11.9. The Kier molecular flexibility index (Phi) is 5.98. The summed E-state index contributed by atoms with van der Waals surface area (Å²) < 4.78 is 58.1. The molecule has 1 aliphatic rings. The fourth-order valence-electron chi connectivity index (χ4n) is 2.98. The molecular formula is C16H17Br2NO5S2. The summed E-state index contributed by atoms with van der Waals surface area (Å²) in [5.41, 5.74) is 0. The number of sulfonamides is 1. The van der Waals surface area contributed by atoms with Gasteiger partial charge in [0, 0.05) is 28.0 Å². The molecule has 2 aromatic rings. The highest BCUT2D eigenvalue weighted by Gasteiger charge is 2.39. The zero-order valence-corrected chi connectivity index (χ0v) is 18.4. The van der Waals surface area contributed by atoms with Gasteiger partial charge in [-0.3, -0.25) is 0 Å². The highest BCUT2D eigenvalue weighted by molar-refractivity contribution is 9.11. The number of rotatable bonds is 6. The van der Waals surface area contributed by atoms with Gasteiger partial charge in [0.25, 0.3) is 0 Å². The first kappa shape index (κ1) is 20.1. The predicted molar refractivity (Wildman–Crippen MR) is 105 cm³/mol. The summed E-state index contributed by atoms with van der Waals surface area (Å²) in [6.45, 7) is 0.148. The number of hydrogen-bond acceptors (Lipinski definition) is 5. The number of halogens is 2. The molecule has 6 nitrogen and oxygen atoms in total. The Morgan fingerprint density at radius 1 is 1.23 bits per heavy atom. The Hall–Kier alpha value is -0.680. The molecule has 1 saturated heterocycles. The van der Waals surface area contributed by atoms with Crippen LogP contribution in [0.4, 0.5) is 0 Å². The first-order valence-electron chi connectivity index (χ1n) is 7.89. The number of sulfone groups is 1. The van der Waals surface area contributed by atoms with Crippen LogP contribution in [0.25, 0.3) is 0 Å². The van der Waals surface area contributed by atoms with E-state index in [4.69, 9.17) is 4.42 Å². The van der Waals surface area contributed by atoms with Gasteiger partial charge in [-0.25, -0.2) is 16.8 Å². The van der Waals surface area contributed by atoms with Crippen LogP contribution in [-0.4, -0.2) is 45.2 Å². The van der Waals surface area contributed by atoms with E-state index in [0.29, 0.717) is 27.5 Å². The van der Waals surface area contributed by atoms with Gasteiger partial charge in [-0.05, 0) is 52.7 Å². The van der Waals surface area contributed by atoms with Gasteiger partial charge in [0.05, 0.1) is 22.7 Å². The van der Waals surface area contributed by atoms with Crippen molar-refractivity contribution < 1.29 is 21.3 Å². The number of hydrogen-bond donors (Lipinski definition) is 0. The Morgan fingerprint density at radius 2 is 2.00 bits per heavy atom. The fraction of sp³-hybridized carbons (Fsp3) is 0.375. The van der Waals surface area contributed by atoms with Crippen LogP contribution in [0.1, 0.15) is 12.2 Å². The van der Waals surface area contributed by atoms with Gasteiger partial charge in [-0.2, -0.15) is 4.31 Å². The first-order chi connectivity index (χ1) is 12.2. The van der Waals surface area contributed by atoms with E-state index in [1.165, 1.54) is 16.6 Å². The van der Waals surface area contributed by atoms with Gasteiger partial charge < -0.3 is 4.42 Å². The molecule has 1 aliphatic heterocycles. The molecular weight excluding hydrogens is 510 g/mol. The molecule has 1 aromatic carbocycles. The Balaban J connectivity index is 1.96. The predicted octanol–water partition coefficient (Wildman–Crippen LogP) is 3.23. The average molecular weight is 527 g/mol. The third-order valence-electron chi connectivity index (χ3n) is 4.25. The molecule has 0 saturated carbocycles. The molecule has 0 unspecified atom stereocenters. The molecule has 1 atom stereocenters. The lowest BCUT2D eigenvalue weighted by Gasteiger charge is -2.27. The van der Waals surface area contributed by atoms with E-state index >= 15 is 0 Å². The van der Waals surface area contributed by atoms with Gasteiger partial charge in [0.2, 0.25) is 10.0 Å². The minimum Gasteiger partial charge on any atom is -0.469 e. The van der Waals surface area contributed by atoms with E-state index in [1.807, 2.05) is 0 Å². The lowest BCUT2D eigenvalue weighted by molar-refractivity contribution is 0.334. The highest BCUT2D eigenvalue weighted by Crippen LogP contribution is 2.31. The van der Waals surface area contributed by atoms with Crippen LogP contribution in [0, 0.1) is 0 Å². The normalized spacial score (nSPS) is 19.9. The number of furan rings is 1. The molecule has 1 aromatic heterocycles. The van der Waals surface area contributed by atoms with Crippen molar-refractivity contribution in [2.24, 2.45) is 0 Å². The quantitative estimate of drug-likeness (QED) is 0.577. The van der Waals surface area contributed by atoms with E-state index in [2.05, 4.69) is 31.9 Å². The maximum absolute atomic E-state index is 13.3. The molecule has 0 radical (unpaired) electrons. The molecule has 142 valence electrons. The van der Waals surface area contributed by atoms with Crippen LogP contribution in [0.2, 0.25) is 0 Å². The number of benzene rings is 1. The molecule has 0 aliphatic carbocycles. The second-order valence-electron chi connectivity index (χ2n) is 6.08. The molecule has 0 spiro atoms. The van der Waals surface area contributed by atoms with E-state index in [1.54, 1.807) is 24.3 Å². The van der Waals surface area contributed by atoms with Crippen molar-refractivity contribution in [3.8, 4) is 0 Å². The second kappa shape index (κ2) is 7.75. The summed E-state index contributed by atoms with van der Waals surface area (Å²) in [6.07, 6.45) is 2.19. The van der Waals surface area contributed by atoms with Crippen LogP contribution in [0.15, 0.2) is 54.9 Å². The molecule has 0 amide bonds. The zero-order valence-electron chi connectivity index (χ0n) is 13.6. The summed E-state index contributed by atoms with van der Waals surface area (Å²) in [5.74, 6) is 0.500. The van der Waals surface area contributed by atoms with Crippen LogP contribution >= 0.6 is 31.9 Å². The zero-order chi connectivity index (χ0) is 18.9. The largest absolute Gasteiger partial charge is 0.469 e. The van der Waals surface area contributed by atoms with Crippen molar-refractivity contribution in [3.05, 3.63) is 51.3 Å². The molecule has 26 heavy (non-hydrogen) atoms. The maximum Gasteiger partial charge on any atom is 0.244 e. The maximum atomic E-state index is 13.3. The first-order valence-corrected chi connectivity index (χ1v) is 12.7. The monoisotopic (exact) mass is 525 g/mol. The topological polar surface area (TPSA) is 84.7 Å². The molecule has 2 heterocycles. The van der Waals surface area contributed by atoms with Crippen molar-refractivity contribution >= 4 is 51.7 Å². The summed E-state index contributed by atoms with van der Waals surface area (Å²) in [4.78, 5) is 0.107. The van der Waals surface area contributed by atoms with Gasteiger partial charge in [-0.15, -0.1) is 0 Å². The van der Waals surface area contributed by atoms with E-state index in [9.17, 15) is 16.8 Å². The van der Waals surface area contributed by atoms with Gasteiger partial charge in [0.1, 0.15) is 5.76 Å². The minimum atomic E-state index is -3.89. The van der Waals surface area contributed by atoms with Crippen LogP contribution < -0.4 is 0 Å². The van der Waals surface area contributed by atoms with Crippen molar-refractivity contribution in [2.45, 2.75) is 23.8 Å². The lowest BCUT2D eigenvalue weighted by atomic mass is 10.2. The molecule has 10 heteroatoms. The van der Waals surface area contributed by atoms with Gasteiger partial charge >= 0.3 is 0 Å². The van der Waals surface area contributed by atoms with E-state index in [0.717, 1.165) is 0 Å². The summed E-state index contributed by atoms with van der Waals surface area (Å²) >= 11 is 6.59. The van der Waals surface area contributed by atoms with Crippen molar-refractivity contribution in [1.29, 1.82) is 0 Å².